The molecule has 0 unspecified atom stereocenters. The molecule has 5 nitrogen and oxygen atoms in total. The van der Waals surface area contributed by atoms with Crippen molar-refractivity contribution < 1.29 is 9.53 Å². The Morgan fingerprint density at radius 3 is 2.88 bits per heavy atom. The Balaban J connectivity index is 1.44. The number of benzene rings is 1. The predicted octanol–water partition coefficient (Wildman–Crippen LogP) is 2.51. The second-order valence-corrected chi connectivity index (χ2v) is 7.05. The van der Waals surface area contributed by atoms with E-state index in [4.69, 9.17) is 10.5 Å². The molecule has 1 amide bonds. The molecule has 1 fully saturated rings. The average molecular weight is 349 g/mol. The average Bonchev–Trinajstić information content (AvgIpc) is 3.05. The van der Waals surface area contributed by atoms with E-state index in [9.17, 15) is 4.79 Å². The van der Waals surface area contributed by atoms with E-state index >= 15 is 0 Å². The smallest absolute Gasteiger partial charge is 0.246 e. The summed E-state index contributed by atoms with van der Waals surface area (Å²) in [6, 6.07) is 10.0. The number of carbonyl (C=O) groups excluding carboxylic acids is 1. The van der Waals surface area contributed by atoms with Crippen LogP contribution in [0.15, 0.2) is 48.8 Å². The zero-order chi connectivity index (χ0) is 18.0. The summed E-state index contributed by atoms with van der Waals surface area (Å²) in [5, 5.41) is 0. The number of ether oxygens (including phenoxy) is 1. The first-order chi connectivity index (χ1) is 12.7. The van der Waals surface area contributed by atoms with Gasteiger partial charge in [0.25, 0.3) is 0 Å². The molecule has 134 valence electrons. The van der Waals surface area contributed by atoms with Gasteiger partial charge >= 0.3 is 0 Å². The minimum atomic E-state index is 0.0182. The largest absolute Gasteiger partial charge is 0.492 e. The minimum absolute atomic E-state index is 0.0182. The number of rotatable bonds is 3. The Hall–Kier alpha value is -2.66. The van der Waals surface area contributed by atoms with Crippen LogP contribution in [-0.4, -0.2) is 35.5 Å². The highest BCUT2D eigenvalue weighted by atomic mass is 16.5. The van der Waals surface area contributed by atoms with E-state index in [1.807, 2.05) is 35.2 Å². The van der Waals surface area contributed by atoms with Crippen molar-refractivity contribution in [2.45, 2.75) is 24.8 Å². The standard InChI is InChI=1S/C21H23N3O2/c22-13-17-3-5-19-18(12-17)21(15-26-19)7-10-24(11-8-21)20(25)6-4-16-2-1-9-23-14-16/h1-6,9,12,14H,7-8,10-11,13,15,22H2/b6-4+. The van der Waals surface area contributed by atoms with Crippen LogP contribution in [0.5, 0.6) is 5.75 Å². The van der Waals surface area contributed by atoms with E-state index in [0.29, 0.717) is 13.2 Å². The summed E-state index contributed by atoms with van der Waals surface area (Å²) in [6.07, 6.45) is 8.76. The van der Waals surface area contributed by atoms with Gasteiger partial charge in [0, 0.05) is 49.1 Å². The Kier molecular flexibility index (Phi) is 4.47. The van der Waals surface area contributed by atoms with Crippen molar-refractivity contribution in [2.24, 2.45) is 5.73 Å². The van der Waals surface area contributed by atoms with Crippen molar-refractivity contribution in [2.75, 3.05) is 19.7 Å². The van der Waals surface area contributed by atoms with Crippen LogP contribution >= 0.6 is 0 Å². The number of hydrogen-bond acceptors (Lipinski definition) is 4. The first-order valence-corrected chi connectivity index (χ1v) is 9.03. The quantitative estimate of drug-likeness (QED) is 0.865. The molecule has 26 heavy (non-hydrogen) atoms. The third-order valence-electron chi connectivity index (χ3n) is 5.49. The molecule has 0 saturated carbocycles. The van der Waals surface area contributed by atoms with Gasteiger partial charge in [0.15, 0.2) is 0 Å². The Bertz CT molecular complexity index is 824. The van der Waals surface area contributed by atoms with Crippen molar-refractivity contribution in [3.63, 3.8) is 0 Å². The van der Waals surface area contributed by atoms with Gasteiger partial charge in [-0.2, -0.15) is 0 Å². The number of pyridine rings is 1. The van der Waals surface area contributed by atoms with E-state index in [0.717, 1.165) is 42.8 Å². The lowest BCUT2D eigenvalue weighted by molar-refractivity contribution is -0.127. The van der Waals surface area contributed by atoms with E-state index in [2.05, 4.69) is 11.1 Å². The molecule has 0 atom stereocenters. The highest BCUT2D eigenvalue weighted by molar-refractivity contribution is 5.91. The van der Waals surface area contributed by atoms with Crippen LogP contribution in [-0.2, 0) is 16.8 Å². The molecular formula is C21H23N3O2. The summed E-state index contributed by atoms with van der Waals surface area (Å²) < 4.78 is 5.93. The molecular weight excluding hydrogens is 326 g/mol. The van der Waals surface area contributed by atoms with Crippen LogP contribution < -0.4 is 10.5 Å². The molecule has 1 saturated heterocycles. The van der Waals surface area contributed by atoms with E-state index in [-0.39, 0.29) is 11.3 Å². The van der Waals surface area contributed by atoms with E-state index in [1.165, 1.54) is 5.56 Å². The van der Waals surface area contributed by atoms with Gasteiger partial charge in [-0.15, -0.1) is 0 Å². The Labute approximate surface area is 153 Å². The highest BCUT2D eigenvalue weighted by Gasteiger charge is 2.43. The van der Waals surface area contributed by atoms with Crippen LogP contribution in [0.2, 0.25) is 0 Å². The van der Waals surface area contributed by atoms with Gasteiger partial charge in [0.2, 0.25) is 5.91 Å². The third-order valence-corrected chi connectivity index (χ3v) is 5.49. The first kappa shape index (κ1) is 16.8. The normalized spacial score (nSPS) is 18.1. The van der Waals surface area contributed by atoms with Crippen LogP contribution in [0, 0.1) is 0 Å². The molecule has 1 aromatic carbocycles. The molecule has 2 N–H and O–H groups in total. The van der Waals surface area contributed by atoms with Crippen molar-refractivity contribution in [3.05, 3.63) is 65.5 Å². The number of likely N-dealkylation sites (tertiary alicyclic amines) is 1. The lowest BCUT2D eigenvalue weighted by atomic mass is 9.74. The fraction of sp³-hybridized carbons (Fsp3) is 0.333. The first-order valence-electron chi connectivity index (χ1n) is 9.03. The van der Waals surface area contributed by atoms with Crippen LogP contribution in [0.1, 0.15) is 29.5 Å². The summed E-state index contributed by atoms with van der Waals surface area (Å²) in [6.45, 7) is 2.72. The molecule has 0 radical (unpaired) electrons. The zero-order valence-electron chi connectivity index (χ0n) is 14.7. The molecule has 0 aliphatic carbocycles. The lowest BCUT2D eigenvalue weighted by Gasteiger charge is -2.38. The van der Waals surface area contributed by atoms with Crippen molar-refractivity contribution in [3.8, 4) is 5.75 Å². The molecule has 3 heterocycles. The SMILES string of the molecule is NCc1ccc2c(c1)C1(CCN(C(=O)/C=C/c3cccnc3)CC1)CO2. The number of hydrogen-bond donors (Lipinski definition) is 1. The summed E-state index contributed by atoms with van der Waals surface area (Å²) in [5.74, 6) is 1.03. The van der Waals surface area contributed by atoms with Gasteiger partial charge in [-0.05, 0) is 42.2 Å². The van der Waals surface area contributed by atoms with E-state index < -0.39 is 0 Å². The van der Waals surface area contributed by atoms with Crippen molar-refractivity contribution in [1.29, 1.82) is 0 Å². The van der Waals surface area contributed by atoms with Gasteiger partial charge in [0.1, 0.15) is 5.75 Å². The molecule has 1 aromatic heterocycles. The molecule has 4 rings (SSSR count). The van der Waals surface area contributed by atoms with Gasteiger partial charge in [-0.1, -0.05) is 18.2 Å². The zero-order valence-corrected chi connectivity index (χ0v) is 14.7. The maximum Gasteiger partial charge on any atom is 0.246 e. The maximum absolute atomic E-state index is 12.5. The summed E-state index contributed by atoms with van der Waals surface area (Å²) in [5.41, 5.74) is 9.14. The Morgan fingerprint density at radius 1 is 1.31 bits per heavy atom. The number of aromatic nitrogens is 1. The fourth-order valence-electron chi connectivity index (χ4n) is 3.85. The van der Waals surface area contributed by atoms with Crippen molar-refractivity contribution >= 4 is 12.0 Å². The summed E-state index contributed by atoms with van der Waals surface area (Å²) in [4.78, 5) is 18.5. The number of amides is 1. The second-order valence-electron chi connectivity index (χ2n) is 7.05. The third kappa shape index (κ3) is 3.10. The number of carbonyl (C=O) groups is 1. The fourth-order valence-corrected chi connectivity index (χ4v) is 3.85. The summed E-state index contributed by atoms with van der Waals surface area (Å²) in [7, 11) is 0. The van der Waals surface area contributed by atoms with Crippen molar-refractivity contribution in [1.82, 2.24) is 9.88 Å². The van der Waals surface area contributed by atoms with Crippen LogP contribution in [0.4, 0.5) is 0 Å². The highest BCUT2D eigenvalue weighted by Crippen LogP contribution is 2.45. The molecule has 5 heteroatoms. The molecule has 2 aliphatic rings. The van der Waals surface area contributed by atoms with Gasteiger partial charge < -0.3 is 15.4 Å². The van der Waals surface area contributed by atoms with Gasteiger partial charge in [-0.3, -0.25) is 9.78 Å². The maximum atomic E-state index is 12.5. The van der Waals surface area contributed by atoms with E-state index in [1.54, 1.807) is 18.5 Å². The van der Waals surface area contributed by atoms with Gasteiger partial charge in [0.05, 0.1) is 6.61 Å². The van der Waals surface area contributed by atoms with Gasteiger partial charge in [-0.25, -0.2) is 0 Å². The number of fused-ring (bicyclic) bond motifs is 2. The topological polar surface area (TPSA) is 68.5 Å². The molecule has 2 aliphatic heterocycles. The number of nitrogens with two attached hydrogens (primary N) is 1. The Morgan fingerprint density at radius 2 is 2.15 bits per heavy atom. The molecule has 1 spiro atoms. The second kappa shape index (κ2) is 6.92. The van der Waals surface area contributed by atoms with Crippen LogP contribution in [0.25, 0.3) is 6.08 Å². The summed E-state index contributed by atoms with van der Waals surface area (Å²) >= 11 is 0. The predicted molar refractivity (Wildman–Crippen MR) is 101 cm³/mol. The molecule has 0 bridgehead atoms. The molecule has 2 aromatic rings. The lowest BCUT2D eigenvalue weighted by Crippen LogP contribution is -2.45. The van der Waals surface area contributed by atoms with Crippen LogP contribution in [0.3, 0.4) is 0 Å². The number of nitrogens with zero attached hydrogens (tertiary/aromatic N) is 2. The number of piperidine rings is 1. The monoisotopic (exact) mass is 349 g/mol. The minimum Gasteiger partial charge on any atom is -0.492 e.